The Bertz CT molecular complexity index is 415. The van der Waals surface area contributed by atoms with E-state index in [1.807, 2.05) is 18.4 Å². The minimum Gasteiger partial charge on any atom is -0.494 e. The molecule has 0 spiro atoms. The van der Waals surface area contributed by atoms with Gasteiger partial charge >= 0.3 is 0 Å². The summed E-state index contributed by atoms with van der Waals surface area (Å²) >= 11 is 0. The monoisotopic (exact) mass is 244 g/mol. The summed E-state index contributed by atoms with van der Waals surface area (Å²) in [5.41, 5.74) is 0.569. The molecule has 3 heteroatoms. The Morgan fingerprint density at radius 3 is 2.78 bits per heavy atom. The van der Waals surface area contributed by atoms with Crippen LogP contribution in [0.4, 0.5) is 0 Å². The lowest BCUT2D eigenvalue weighted by molar-refractivity contribution is 0.247. The van der Waals surface area contributed by atoms with E-state index in [9.17, 15) is 4.79 Å². The predicted octanol–water partition coefficient (Wildman–Crippen LogP) is 2.01. The predicted molar refractivity (Wildman–Crippen MR) is 69.4 cm³/mol. The number of hydrogen-bond donors (Lipinski definition) is 0. The van der Waals surface area contributed by atoms with Crippen LogP contribution in [0, 0.1) is 5.92 Å². The van der Waals surface area contributed by atoms with Crippen molar-refractivity contribution in [1.82, 2.24) is 4.90 Å². The Labute approximate surface area is 108 Å². The van der Waals surface area contributed by atoms with Crippen LogP contribution in [0.5, 0.6) is 5.75 Å². The topological polar surface area (TPSA) is 29.5 Å². The van der Waals surface area contributed by atoms with Crippen molar-refractivity contribution in [3.05, 3.63) is 29.8 Å². The second kappa shape index (κ2) is 5.11. The summed E-state index contributed by atoms with van der Waals surface area (Å²) in [5.74, 6) is 1.85. The average Bonchev–Trinajstić information content (AvgIpc) is 3.10. The number of rotatable bonds is 6. The second-order valence-corrected chi connectivity index (χ2v) is 5.22. The Balaban J connectivity index is 1.37. The molecule has 2 fully saturated rings. The molecule has 0 unspecified atom stereocenters. The number of carbonyl (C=O) groups excluding carboxylic acids is 1. The number of piperidine rings is 1. The van der Waals surface area contributed by atoms with E-state index in [1.54, 1.807) is 12.1 Å². The minimum atomic E-state index is 0.569. The molecule has 3 nitrogen and oxygen atoms in total. The molecule has 1 aliphatic carbocycles. The lowest BCUT2D eigenvalue weighted by atomic mass is 10.2. The number of ether oxygens (including phenoxy) is 1. The van der Waals surface area contributed by atoms with E-state index in [0.29, 0.717) is 5.56 Å². The maximum atomic E-state index is 10.4. The smallest absolute Gasteiger partial charge is 0.233 e. The van der Waals surface area contributed by atoms with Crippen molar-refractivity contribution in [3.8, 4) is 5.75 Å². The molecule has 2 atom stereocenters. The van der Waals surface area contributed by atoms with E-state index in [0.717, 1.165) is 37.3 Å². The third-order valence-electron chi connectivity index (χ3n) is 3.97. The molecule has 1 saturated heterocycles. The van der Waals surface area contributed by atoms with Gasteiger partial charge in [0.1, 0.15) is 5.75 Å². The molecule has 1 saturated carbocycles. The first-order valence-electron chi connectivity index (χ1n) is 6.72. The second-order valence-electron chi connectivity index (χ2n) is 5.22. The summed E-state index contributed by atoms with van der Waals surface area (Å²) in [6.45, 7) is 3.18. The van der Waals surface area contributed by atoms with Gasteiger partial charge < -0.3 is 4.74 Å². The van der Waals surface area contributed by atoms with Crippen LogP contribution < -0.4 is 4.74 Å². The molecule has 1 aromatic rings. The molecule has 0 N–H and O–H groups in total. The van der Waals surface area contributed by atoms with Crippen LogP contribution in [-0.4, -0.2) is 36.9 Å². The van der Waals surface area contributed by atoms with Gasteiger partial charge in [-0.1, -0.05) is 0 Å². The van der Waals surface area contributed by atoms with Gasteiger partial charge in [0.2, 0.25) is 6.29 Å². The zero-order valence-corrected chi connectivity index (χ0v) is 10.5. The first kappa shape index (κ1) is 11.7. The summed E-state index contributed by atoms with van der Waals surface area (Å²) in [6.07, 6.45) is 5.75. The molecule has 0 bridgehead atoms. The number of nitrogens with zero attached hydrogens (tertiary/aromatic N) is 1. The van der Waals surface area contributed by atoms with Crippen LogP contribution >= 0.6 is 0 Å². The maximum absolute atomic E-state index is 10.4. The van der Waals surface area contributed by atoms with Gasteiger partial charge in [0, 0.05) is 18.2 Å². The highest BCUT2D eigenvalue weighted by Crippen LogP contribution is 2.44. The highest BCUT2D eigenvalue weighted by atomic mass is 16.5. The first-order chi connectivity index (χ1) is 8.86. The van der Waals surface area contributed by atoms with Crippen LogP contribution in [-0.2, 0) is 4.79 Å². The van der Waals surface area contributed by atoms with Gasteiger partial charge in [0.15, 0.2) is 0 Å². The lowest BCUT2D eigenvalue weighted by Crippen LogP contribution is -2.25. The minimum absolute atomic E-state index is 0.569. The molecule has 18 heavy (non-hydrogen) atoms. The van der Waals surface area contributed by atoms with E-state index >= 15 is 0 Å². The highest BCUT2D eigenvalue weighted by molar-refractivity contribution is 5.75. The highest BCUT2D eigenvalue weighted by Gasteiger charge is 2.46. The van der Waals surface area contributed by atoms with Crippen LogP contribution in [0.1, 0.15) is 24.8 Å². The fourth-order valence-electron chi connectivity index (χ4n) is 2.84. The third-order valence-corrected chi connectivity index (χ3v) is 3.97. The quantitative estimate of drug-likeness (QED) is 0.717. The molecule has 1 aliphatic heterocycles. The molecule has 95 valence electrons. The van der Waals surface area contributed by atoms with E-state index in [-0.39, 0.29) is 0 Å². The summed E-state index contributed by atoms with van der Waals surface area (Å²) in [7, 11) is 0. The Morgan fingerprint density at radius 1 is 1.33 bits per heavy atom. The molecule has 1 radical (unpaired) electrons. The van der Waals surface area contributed by atoms with Gasteiger partial charge in [-0.2, -0.15) is 0 Å². The molecule has 0 amide bonds. The number of benzene rings is 1. The SMILES string of the molecule is O=[C]c1ccc(OCCCN2CC[C@@H]3C[C@@H]32)cc1. The zero-order chi connectivity index (χ0) is 12.4. The van der Waals surface area contributed by atoms with E-state index in [2.05, 4.69) is 4.90 Å². The molecular weight excluding hydrogens is 226 g/mol. The summed E-state index contributed by atoms with van der Waals surface area (Å²) < 4.78 is 5.66. The van der Waals surface area contributed by atoms with E-state index < -0.39 is 0 Å². The van der Waals surface area contributed by atoms with Crippen LogP contribution in [0.3, 0.4) is 0 Å². The van der Waals surface area contributed by atoms with Crippen molar-refractivity contribution in [2.75, 3.05) is 19.7 Å². The van der Waals surface area contributed by atoms with Gasteiger partial charge in [0.25, 0.3) is 0 Å². The van der Waals surface area contributed by atoms with E-state index in [1.165, 1.54) is 19.4 Å². The van der Waals surface area contributed by atoms with Gasteiger partial charge in [-0.15, -0.1) is 0 Å². The van der Waals surface area contributed by atoms with Gasteiger partial charge in [-0.25, -0.2) is 0 Å². The fraction of sp³-hybridized carbons (Fsp3) is 0.533. The van der Waals surface area contributed by atoms with Crippen molar-refractivity contribution in [2.24, 2.45) is 5.92 Å². The summed E-state index contributed by atoms with van der Waals surface area (Å²) in [6, 6.07) is 8.02. The maximum Gasteiger partial charge on any atom is 0.233 e. The summed E-state index contributed by atoms with van der Waals surface area (Å²) in [5, 5.41) is 0. The molecular formula is C15H18NO2. The largest absolute Gasteiger partial charge is 0.494 e. The van der Waals surface area contributed by atoms with Crippen LogP contribution in [0.25, 0.3) is 0 Å². The third kappa shape index (κ3) is 2.56. The standard InChI is InChI=1S/C15H18NO2/c17-11-12-2-4-14(5-3-12)18-9-1-7-16-8-6-13-10-15(13)16/h2-5,13,15H,1,6-10H2/t13-,15+/m1/s1. The van der Waals surface area contributed by atoms with Gasteiger partial charge in [-0.05, 0) is 56.0 Å². The normalized spacial score (nSPS) is 25.8. The van der Waals surface area contributed by atoms with Crippen molar-refractivity contribution >= 4 is 6.29 Å². The Hall–Kier alpha value is -1.35. The van der Waals surface area contributed by atoms with Crippen molar-refractivity contribution < 1.29 is 9.53 Å². The Morgan fingerprint density at radius 2 is 2.17 bits per heavy atom. The lowest BCUT2D eigenvalue weighted by Gasteiger charge is -2.17. The van der Waals surface area contributed by atoms with Crippen molar-refractivity contribution in [2.45, 2.75) is 25.3 Å². The molecule has 3 rings (SSSR count). The number of fused-ring (bicyclic) bond motifs is 1. The number of hydrogen-bond acceptors (Lipinski definition) is 3. The van der Waals surface area contributed by atoms with Gasteiger partial charge in [0.05, 0.1) is 6.61 Å². The van der Waals surface area contributed by atoms with E-state index in [4.69, 9.17) is 4.74 Å². The molecule has 0 aromatic heterocycles. The van der Waals surface area contributed by atoms with Gasteiger partial charge in [-0.3, -0.25) is 9.69 Å². The molecule has 1 heterocycles. The fourth-order valence-corrected chi connectivity index (χ4v) is 2.84. The van der Waals surface area contributed by atoms with Crippen LogP contribution in [0.15, 0.2) is 24.3 Å². The average molecular weight is 244 g/mol. The summed E-state index contributed by atoms with van der Waals surface area (Å²) in [4.78, 5) is 13.0. The number of likely N-dealkylation sites (tertiary alicyclic amines) is 1. The first-order valence-corrected chi connectivity index (χ1v) is 6.72. The van der Waals surface area contributed by atoms with Crippen molar-refractivity contribution in [1.29, 1.82) is 0 Å². The Kier molecular flexibility index (Phi) is 3.33. The molecule has 1 aromatic carbocycles. The van der Waals surface area contributed by atoms with Crippen LogP contribution in [0.2, 0.25) is 0 Å². The zero-order valence-electron chi connectivity index (χ0n) is 10.5. The van der Waals surface area contributed by atoms with Crippen molar-refractivity contribution in [3.63, 3.8) is 0 Å². The molecule has 2 aliphatic rings.